The number of morpholine rings is 1. The highest BCUT2D eigenvalue weighted by Gasteiger charge is 2.24. The van der Waals surface area contributed by atoms with Gasteiger partial charge < -0.3 is 19.9 Å². The number of amides is 1. The zero-order valence-electron chi connectivity index (χ0n) is 15.4. The number of guanidine groups is 1. The molecule has 2 aliphatic heterocycles. The zero-order chi connectivity index (χ0) is 17.2. The summed E-state index contributed by atoms with van der Waals surface area (Å²) in [6, 6.07) is 0. The Morgan fingerprint density at radius 3 is 2.40 bits per heavy atom. The molecule has 0 aliphatic carbocycles. The normalized spacial score (nSPS) is 19.5. The molecule has 0 unspecified atom stereocenters. The number of carbonyl (C=O) groups is 1. The van der Waals surface area contributed by atoms with Crippen molar-refractivity contribution in [2.75, 3.05) is 84.6 Å². The number of carbonyl (C=O) groups excluding carboxylic acids is 1. The van der Waals surface area contributed by atoms with E-state index in [1.54, 1.807) is 0 Å². The lowest BCUT2D eigenvalue weighted by Gasteiger charge is -2.37. The standard InChI is InChI=1S/C16H31N5O2S.HI/c1-17-16(18-4-3-13-24-2)21-7-5-19(6-8-21)14-15(22)20-9-11-23-12-10-20;/h3-14H2,1-2H3,(H,17,18);1H. The second-order valence-corrected chi connectivity index (χ2v) is 7.06. The van der Waals surface area contributed by atoms with Gasteiger partial charge in [0.1, 0.15) is 0 Å². The summed E-state index contributed by atoms with van der Waals surface area (Å²) in [6.07, 6.45) is 3.28. The Labute approximate surface area is 172 Å². The molecule has 0 bridgehead atoms. The molecule has 2 aliphatic rings. The number of nitrogens with one attached hydrogen (secondary N) is 1. The van der Waals surface area contributed by atoms with Crippen LogP contribution in [-0.2, 0) is 9.53 Å². The summed E-state index contributed by atoms with van der Waals surface area (Å²) in [4.78, 5) is 23.2. The second kappa shape index (κ2) is 13.0. The third kappa shape index (κ3) is 7.88. The molecule has 9 heteroatoms. The molecule has 0 spiro atoms. The van der Waals surface area contributed by atoms with E-state index in [0.717, 1.165) is 58.2 Å². The molecule has 25 heavy (non-hydrogen) atoms. The monoisotopic (exact) mass is 485 g/mol. The van der Waals surface area contributed by atoms with Gasteiger partial charge in [0.2, 0.25) is 5.91 Å². The Kier molecular flexibility index (Phi) is 11.8. The Morgan fingerprint density at radius 1 is 1.12 bits per heavy atom. The van der Waals surface area contributed by atoms with Crippen molar-refractivity contribution >= 4 is 47.6 Å². The predicted molar refractivity (Wildman–Crippen MR) is 115 cm³/mol. The average Bonchev–Trinajstić information content (AvgIpc) is 2.63. The van der Waals surface area contributed by atoms with Crippen LogP contribution in [0.1, 0.15) is 6.42 Å². The van der Waals surface area contributed by atoms with E-state index in [-0.39, 0.29) is 29.9 Å². The van der Waals surface area contributed by atoms with Crippen molar-refractivity contribution in [3.8, 4) is 0 Å². The second-order valence-electron chi connectivity index (χ2n) is 6.08. The SMILES string of the molecule is CN=C(NCCCSC)N1CCN(CC(=O)N2CCOCC2)CC1.I. The first-order valence-electron chi connectivity index (χ1n) is 8.77. The van der Waals surface area contributed by atoms with Crippen LogP contribution < -0.4 is 5.32 Å². The van der Waals surface area contributed by atoms with E-state index in [2.05, 4.69) is 26.4 Å². The van der Waals surface area contributed by atoms with Crippen LogP contribution >= 0.6 is 35.7 Å². The van der Waals surface area contributed by atoms with Gasteiger partial charge >= 0.3 is 0 Å². The molecule has 2 fully saturated rings. The Balaban J connectivity index is 0.00000312. The number of piperazine rings is 1. The fourth-order valence-electron chi connectivity index (χ4n) is 2.97. The molecule has 0 aromatic heterocycles. The third-order valence-electron chi connectivity index (χ3n) is 4.41. The first kappa shape index (κ1) is 22.8. The molecule has 0 aromatic carbocycles. The Hall–Kier alpha value is -0.260. The lowest BCUT2D eigenvalue weighted by molar-refractivity contribution is -0.136. The number of rotatable bonds is 6. The fraction of sp³-hybridized carbons (Fsp3) is 0.875. The number of halogens is 1. The van der Waals surface area contributed by atoms with Gasteiger partial charge in [-0.15, -0.1) is 24.0 Å². The van der Waals surface area contributed by atoms with Gasteiger partial charge in [-0.2, -0.15) is 11.8 Å². The minimum Gasteiger partial charge on any atom is -0.378 e. The van der Waals surface area contributed by atoms with Crippen LogP contribution in [0.15, 0.2) is 4.99 Å². The van der Waals surface area contributed by atoms with Crippen molar-refractivity contribution in [3.05, 3.63) is 0 Å². The lowest BCUT2D eigenvalue weighted by Crippen LogP contribution is -2.55. The van der Waals surface area contributed by atoms with E-state index in [1.165, 1.54) is 5.75 Å². The Bertz CT molecular complexity index is 413. The molecule has 0 saturated carbocycles. The van der Waals surface area contributed by atoms with Gasteiger partial charge in [-0.05, 0) is 18.4 Å². The first-order chi connectivity index (χ1) is 11.7. The molecule has 2 saturated heterocycles. The van der Waals surface area contributed by atoms with E-state index in [1.807, 2.05) is 23.7 Å². The lowest BCUT2D eigenvalue weighted by atomic mass is 10.3. The van der Waals surface area contributed by atoms with Crippen LogP contribution in [0.5, 0.6) is 0 Å². The van der Waals surface area contributed by atoms with Gasteiger partial charge in [0.25, 0.3) is 0 Å². The van der Waals surface area contributed by atoms with Crippen LogP contribution in [0.25, 0.3) is 0 Å². The van der Waals surface area contributed by atoms with Gasteiger partial charge in [0.05, 0.1) is 19.8 Å². The van der Waals surface area contributed by atoms with Crippen LogP contribution in [-0.4, -0.2) is 111 Å². The molecular weight excluding hydrogens is 453 g/mol. The van der Waals surface area contributed by atoms with Crippen molar-refractivity contribution in [1.82, 2.24) is 20.0 Å². The fourth-order valence-corrected chi connectivity index (χ4v) is 3.40. The Morgan fingerprint density at radius 2 is 1.80 bits per heavy atom. The van der Waals surface area contributed by atoms with Crippen LogP contribution in [0.2, 0.25) is 0 Å². The summed E-state index contributed by atoms with van der Waals surface area (Å²) < 4.78 is 5.30. The van der Waals surface area contributed by atoms with Crippen LogP contribution in [0.3, 0.4) is 0 Å². The van der Waals surface area contributed by atoms with Gasteiger partial charge in [0.15, 0.2) is 5.96 Å². The summed E-state index contributed by atoms with van der Waals surface area (Å²) in [7, 11) is 1.84. The summed E-state index contributed by atoms with van der Waals surface area (Å²) in [5.41, 5.74) is 0. The number of hydrogen-bond acceptors (Lipinski definition) is 5. The maximum absolute atomic E-state index is 12.3. The van der Waals surface area contributed by atoms with Crippen LogP contribution in [0, 0.1) is 0 Å². The van der Waals surface area contributed by atoms with Gasteiger partial charge in [-0.3, -0.25) is 14.7 Å². The van der Waals surface area contributed by atoms with Gasteiger partial charge in [0, 0.05) is 52.9 Å². The van der Waals surface area contributed by atoms with E-state index < -0.39 is 0 Å². The topological polar surface area (TPSA) is 60.4 Å². The molecule has 146 valence electrons. The molecule has 1 N–H and O–H groups in total. The van der Waals surface area contributed by atoms with E-state index in [0.29, 0.717) is 19.8 Å². The summed E-state index contributed by atoms with van der Waals surface area (Å²) >= 11 is 1.87. The molecule has 2 rings (SSSR count). The van der Waals surface area contributed by atoms with Crippen molar-refractivity contribution in [3.63, 3.8) is 0 Å². The zero-order valence-corrected chi connectivity index (χ0v) is 18.6. The minimum absolute atomic E-state index is 0. The number of aliphatic imine (C=N–C) groups is 1. The molecule has 0 radical (unpaired) electrons. The smallest absolute Gasteiger partial charge is 0.236 e. The summed E-state index contributed by atoms with van der Waals surface area (Å²) in [5.74, 6) is 2.38. The highest BCUT2D eigenvalue weighted by molar-refractivity contribution is 14.0. The van der Waals surface area contributed by atoms with E-state index in [4.69, 9.17) is 4.74 Å². The summed E-state index contributed by atoms with van der Waals surface area (Å²) in [6.45, 7) is 7.91. The largest absolute Gasteiger partial charge is 0.378 e. The van der Waals surface area contributed by atoms with Gasteiger partial charge in [-0.25, -0.2) is 0 Å². The first-order valence-corrected chi connectivity index (χ1v) is 10.2. The molecule has 0 atom stereocenters. The number of thioether (sulfide) groups is 1. The minimum atomic E-state index is 0. The number of nitrogens with zero attached hydrogens (tertiary/aromatic N) is 4. The van der Waals surface area contributed by atoms with Crippen molar-refractivity contribution in [1.29, 1.82) is 0 Å². The van der Waals surface area contributed by atoms with Gasteiger partial charge in [-0.1, -0.05) is 0 Å². The maximum atomic E-state index is 12.3. The highest BCUT2D eigenvalue weighted by Crippen LogP contribution is 2.05. The predicted octanol–water partition coefficient (Wildman–Crippen LogP) is 0.409. The molecule has 2 heterocycles. The quantitative estimate of drug-likeness (QED) is 0.255. The van der Waals surface area contributed by atoms with Crippen LogP contribution in [0.4, 0.5) is 0 Å². The third-order valence-corrected chi connectivity index (χ3v) is 5.11. The average molecular weight is 485 g/mol. The van der Waals surface area contributed by atoms with Crippen molar-refractivity contribution < 1.29 is 9.53 Å². The summed E-state index contributed by atoms with van der Waals surface area (Å²) in [5, 5.41) is 3.44. The molecule has 1 amide bonds. The van der Waals surface area contributed by atoms with E-state index >= 15 is 0 Å². The maximum Gasteiger partial charge on any atom is 0.236 e. The molecule has 7 nitrogen and oxygen atoms in total. The number of ether oxygens (including phenoxy) is 1. The number of hydrogen-bond donors (Lipinski definition) is 1. The highest BCUT2D eigenvalue weighted by atomic mass is 127. The van der Waals surface area contributed by atoms with E-state index in [9.17, 15) is 4.79 Å². The molecular formula is C16H32IN5O2S. The van der Waals surface area contributed by atoms with Crippen molar-refractivity contribution in [2.24, 2.45) is 4.99 Å². The van der Waals surface area contributed by atoms with Crippen molar-refractivity contribution in [2.45, 2.75) is 6.42 Å². The molecule has 0 aromatic rings.